The lowest BCUT2D eigenvalue weighted by Crippen LogP contribution is -2.15. The maximum Gasteiger partial charge on any atom is 0.0481 e. The highest BCUT2D eigenvalue weighted by molar-refractivity contribution is 5.62. The minimum Gasteiger partial charge on any atom is -0.388 e. The minimum atomic E-state index is 0.858. The van der Waals surface area contributed by atoms with Crippen molar-refractivity contribution in [3.05, 3.63) is 90.4 Å². The van der Waals surface area contributed by atoms with Gasteiger partial charge in [0.25, 0.3) is 0 Å². The maximum atomic E-state index is 4.17. The van der Waals surface area contributed by atoms with Gasteiger partial charge in [-0.15, -0.1) is 0 Å². The van der Waals surface area contributed by atoms with Gasteiger partial charge in [0.15, 0.2) is 0 Å². The summed E-state index contributed by atoms with van der Waals surface area (Å²) < 4.78 is 0. The maximum absolute atomic E-state index is 4.17. The molecule has 0 saturated heterocycles. The van der Waals surface area contributed by atoms with Crippen LogP contribution < -0.4 is 15.5 Å². The second-order valence-electron chi connectivity index (χ2n) is 6.13. The van der Waals surface area contributed by atoms with E-state index < -0.39 is 0 Å². The van der Waals surface area contributed by atoms with Crippen molar-refractivity contribution in [3.8, 4) is 0 Å². The molecule has 0 bridgehead atoms. The molecule has 0 heterocycles. The summed E-state index contributed by atoms with van der Waals surface area (Å²) in [4.78, 5) is 2.10. The monoisotopic (exact) mass is 333 g/mol. The van der Waals surface area contributed by atoms with E-state index in [4.69, 9.17) is 0 Å². The average Bonchev–Trinajstić information content (AvgIpc) is 2.60. The molecular formula is C22H27N3. The van der Waals surface area contributed by atoms with Gasteiger partial charge in [-0.2, -0.15) is 0 Å². The Balaban J connectivity index is 2.20. The van der Waals surface area contributed by atoms with Crippen LogP contribution in [0.3, 0.4) is 0 Å². The molecule has 0 amide bonds. The van der Waals surface area contributed by atoms with Crippen LogP contribution in [-0.2, 0) is 0 Å². The molecule has 0 saturated carbocycles. The first kappa shape index (κ1) is 18.4. The van der Waals surface area contributed by atoms with Crippen LogP contribution in [0.4, 0.5) is 17.1 Å². The van der Waals surface area contributed by atoms with Crippen LogP contribution in [0.15, 0.2) is 84.9 Å². The number of anilines is 3. The van der Waals surface area contributed by atoms with Crippen LogP contribution in [-0.4, -0.2) is 7.05 Å². The van der Waals surface area contributed by atoms with E-state index in [2.05, 4.69) is 53.9 Å². The number of allylic oxidation sites excluding steroid dienone is 2. The molecule has 3 nitrogen and oxygen atoms in total. The number of benzene rings is 2. The minimum absolute atomic E-state index is 0.858. The van der Waals surface area contributed by atoms with E-state index in [-0.39, 0.29) is 0 Å². The van der Waals surface area contributed by atoms with Gasteiger partial charge in [0, 0.05) is 41.7 Å². The fourth-order valence-corrected chi connectivity index (χ4v) is 2.48. The highest BCUT2D eigenvalue weighted by Gasteiger charge is 2.09. The summed E-state index contributed by atoms with van der Waals surface area (Å²) in [7, 11) is 1.91. The zero-order valence-electron chi connectivity index (χ0n) is 15.6. The zero-order valence-corrected chi connectivity index (χ0v) is 15.6. The number of aryl methyl sites for hydroxylation is 1. The van der Waals surface area contributed by atoms with Gasteiger partial charge in [-0.25, -0.2) is 0 Å². The third-order valence-electron chi connectivity index (χ3n) is 4.05. The van der Waals surface area contributed by atoms with Crippen LogP contribution in [0.25, 0.3) is 0 Å². The SMILES string of the molecule is C=C(Nc1ccc(NC)cc1)/C(C)=C/N(C(=C)C)c1ccccc1C. The zero-order chi connectivity index (χ0) is 18.4. The van der Waals surface area contributed by atoms with Gasteiger partial charge in [0.1, 0.15) is 0 Å². The number of para-hydroxylation sites is 1. The fraction of sp³-hybridized carbons (Fsp3) is 0.182. The lowest BCUT2D eigenvalue weighted by atomic mass is 10.1. The Kier molecular flexibility index (Phi) is 6.07. The summed E-state index contributed by atoms with van der Waals surface area (Å²) in [6, 6.07) is 16.4. The standard InChI is InChI=1S/C22H27N3/c1-16(2)25(22-10-8-7-9-17(22)3)15-18(4)19(5)24-21-13-11-20(23-6)12-14-21/h7-15,23-24H,1,5H2,2-4,6H3/b18-15+. The second kappa shape index (κ2) is 8.25. The molecule has 0 aromatic heterocycles. The van der Waals surface area contributed by atoms with E-state index >= 15 is 0 Å². The quantitative estimate of drug-likeness (QED) is 0.617. The highest BCUT2D eigenvalue weighted by atomic mass is 15.1. The first-order chi connectivity index (χ1) is 11.9. The lowest BCUT2D eigenvalue weighted by Gasteiger charge is -2.24. The topological polar surface area (TPSA) is 27.3 Å². The van der Waals surface area contributed by atoms with Crippen LogP contribution >= 0.6 is 0 Å². The molecule has 0 unspecified atom stereocenters. The Morgan fingerprint density at radius 1 is 0.960 bits per heavy atom. The molecule has 0 aliphatic carbocycles. The molecular weight excluding hydrogens is 306 g/mol. The van der Waals surface area contributed by atoms with Crippen molar-refractivity contribution >= 4 is 17.1 Å². The molecule has 2 rings (SSSR count). The van der Waals surface area contributed by atoms with Gasteiger partial charge in [0.05, 0.1) is 0 Å². The number of nitrogens with zero attached hydrogens (tertiary/aromatic N) is 1. The lowest BCUT2D eigenvalue weighted by molar-refractivity contribution is 1.12. The van der Waals surface area contributed by atoms with Crippen molar-refractivity contribution in [2.24, 2.45) is 0 Å². The van der Waals surface area contributed by atoms with Crippen molar-refractivity contribution in [1.82, 2.24) is 0 Å². The molecule has 3 heteroatoms. The summed E-state index contributed by atoms with van der Waals surface area (Å²) in [6.07, 6.45) is 2.07. The van der Waals surface area contributed by atoms with Gasteiger partial charge < -0.3 is 15.5 Å². The Morgan fingerprint density at radius 2 is 1.56 bits per heavy atom. The summed E-state index contributed by atoms with van der Waals surface area (Å²) in [5, 5.41) is 6.47. The predicted octanol–water partition coefficient (Wildman–Crippen LogP) is 5.91. The van der Waals surface area contributed by atoms with E-state index in [0.29, 0.717) is 0 Å². The number of hydrogen-bond acceptors (Lipinski definition) is 3. The smallest absolute Gasteiger partial charge is 0.0481 e. The summed E-state index contributed by atoms with van der Waals surface area (Å²) in [5.74, 6) is 0. The van der Waals surface area contributed by atoms with Gasteiger partial charge in [-0.05, 0) is 62.2 Å². The van der Waals surface area contributed by atoms with Crippen molar-refractivity contribution in [1.29, 1.82) is 0 Å². The fourth-order valence-electron chi connectivity index (χ4n) is 2.48. The van der Waals surface area contributed by atoms with Gasteiger partial charge in [0.2, 0.25) is 0 Å². The summed E-state index contributed by atoms with van der Waals surface area (Å²) in [6.45, 7) is 14.4. The average molecular weight is 333 g/mol. The third-order valence-corrected chi connectivity index (χ3v) is 4.05. The van der Waals surface area contributed by atoms with Crippen molar-refractivity contribution in [2.45, 2.75) is 20.8 Å². The molecule has 0 atom stereocenters. The Hall–Kier alpha value is -2.94. The number of hydrogen-bond donors (Lipinski definition) is 2. The Labute approximate surface area is 151 Å². The van der Waals surface area contributed by atoms with E-state index in [1.54, 1.807) is 0 Å². The molecule has 25 heavy (non-hydrogen) atoms. The van der Waals surface area contributed by atoms with Crippen LogP contribution in [0.1, 0.15) is 19.4 Å². The van der Waals surface area contributed by atoms with Gasteiger partial charge >= 0.3 is 0 Å². The molecule has 0 radical (unpaired) electrons. The van der Waals surface area contributed by atoms with E-state index in [1.807, 2.05) is 57.3 Å². The molecule has 2 aromatic carbocycles. The largest absolute Gasteiger partial charge is 0.388 e. The summed E-state index contributed by atoms with van der Waals surface area (Å²) >= 11 is 0. The first-order valence-electron chi connectivity index (χ1n) is 8.35. The highest BCUT2D eigenvalue weighted by Crippen LogP contribution is 2.25. The normalized spacial score (nSPS) is 11.0. The number of nitrogens with one attached hydrogen (secondary N) is 2. The van der Waals surface area contributed by atoms with E-state index in [9.17, 15) is 0 Å². The van der Waals surface area contributed by atoms with Crippen molar-refractivity contribution in [3.63, 3.8) is 0 Å². The Morgan fingerprint density at radius 3 is 2.12 bits per heavy atom. The van der Waals surface area contributed by atoms with Crippen molar-refractivity contribution < 1.29 is 0 Å². The van der Waals surface area contributed by atoms with E-state index in [0.717, 1.165) is 34.0 Å². The Bertz CT molecular complexity index is 785. The van der Waals surface area contributed by atoms with Crippen LogP contribution in [0.2, 0.25) is 0 Å². The molecule has 0 aliphatic heterocycles. The van der Waals surface area contributed by atoms with Gasteiger partial charge in [-0.1, -0.05) is 31.4 Å². The second-order valence-corrected chi connectivity index (χ2v) is 6.13. The van der Waals surface area contributed by atoms with Crippen LogP contribution in [0.5, 0.6) is 0 Å². The van der Waals surface area contributed by atoms with Gasteiger partial charge in [-0.3, -0.25) is 0 Å². The first-order valence-corrected chi connectivity index (χ1v) is 8.35. The number of rotatable bonds is 7. The van der Waals surface area contributed by atoms with E-state index in [1.165, 1.54) is 5.56 Å². The molecule has 2 N–H and O–H groups in total. The summed E-state index contributed by atoms with van der Waals surface area (Å²) in [5.41, 5.74) is 7.28. The molecule has 130 valence electrons. The van der Waals surface area contributed by atoms with Crippen molar-refractivity contribution in [2.75, 3.05) is 22.6 Å². The molecule has 0 aliphatic rings. The molecule has 0 spiro atoms. The predicted molar refractivity (Wildman–Crippen MR) is 111 cm³/mol. The molecule has 2 aromatic rings. The van der Waals surface area contributed by atoms with Crippen LogP contribution in [0, 0.1) is 6.92 Å². The molecule has 0 fully saturated rings. The third kappa shape index (κ3) is 4.77.